The number of oxazole rings is 1. The number of quaternary nitrogens is 1. The minimum absolute atomic E-state index is 0.549. The number of rotatable bonds is 3. The highest BCUT2D eigenvalue weighted by Gasteiger charge is 2.22. The van der Waals surface area contributed by atoms with E-state index < -0.39 is 0 Å². The Morgan fingerprint density at radius 3 is 2.61 bits per heavy atom. The molecule has 0 radical (unpaired) electrons. The summed E-state index contributed by atoms with van der Waals surface area (Å²) in [6.07, 6.45) is 3.58. The Bertz CT molecular complexity index is 852. The van der Waals surface area contributed by atoms with E-state index in [1.165, 1.54) is 4.90 Å². The second-order valence-electron chi connectivity index (χ2n) is 5.71. The first-order valence-electron chi connectivity index (χ1n) is 7.75. The molecule has 0 saturated carbocycles. The van der Waals surface area contributed by atoms with Crippen LogP contribution in [-0.4, -0.2) is 40.7 Å². The van der Waals surface area contributed by atoms with Gasteiger partial charge in [-0.1, -0.05) is 12.1 Å². The van der Waals surface area contributed by atoms with E-state index in [9.17, 15) is 0 Å². The minimum Gasteiger partial charge on any atom is -0.429 e. The Hall–Kier alpha value is -2.25. The van der Waals surface area contributed by atoms with Crippen LogP contribution in [0.4, 0.5) is 5.95 Å². The fourth-order valence-electron chi connectivity index (χ4n) is 3.02. The van der Waals surface area contributed by atoms with E-state index >= 15 is 0 Å². The molecule has 6 nitrogen and oxygen atoms in total. The normalized spacial score (nSPS) is 16.1. The highest BCUT2D eigenvalue weighted by Crippen LogP contribution is 2.15. The van der Waals surface area contributed by atoms with Gasteiger partial charge in [0, 0.05) is 12.4 Å². The minimum atomic E-state index is 0.549. The molecule has 1 fully saturated rings. The number of hydrogen-bond donors (Lipinski definition) is 1. The Labute approximate surface area is 139 Å². The lowest BCUT2D eigenvalue weighted by Crippen LogP contribution is -3.14. The highest BCUT2D eigenvalue weighted by molar-refractivity contribution is 7.71. The van der Waals surface area contributed by atoms with Crippen molar-refractivity contribution in [3.63, 3.8) is 0 Å². The number of nitrogens with one attached hydrogen (secondary N) is 1. The summed E-state index contributed by atoms with van der Waals surface area (Å²) < 4.78 is 7.76. The molecule has 0 atom stereocenters. The first kappa shape index (κ1) is 14.3. The van der Waals surface area contributed by atoms with Gasteiger partial charge in [0.25, 0.3) is 4.84 Å². The number of piperazine rings is 1. The monoisotopic (exact) mass is 328 g/mol. The van der Waals surface area contributed by atoms with Crippen molar-refractivity contribution >= 4 is 29.3 Å². The van der Waals surface area contributed by atoms with Gasteiger partial charge in [0.15, 0.2) is 12.3 Å². The van der Waals surface area contributed by atoms with Crippen LogP contribution in [0.25, 0.3) is 11.1 Å². The fourth-order valence-corrected chi connectivity index (χ4v) is 3.28. The molecule has 4 rings (SSSR count). The van der Waals surface area contributed by atoms with E-state index in [1.807, 2.05) is 24.3 Å². The van der Waals surface area contributed by atoms with Crippen LogP contribution in [0.1, 0.15) is 0 Å². The molecule has 1 aromatic carbocycles. The summed E-state index contributed by atoms with van der Waals surface area (Å²) in [5.41, 5.74) is 1.92. The van der Waals surface area contributed by atoms with Crippen molar-refractivity contribution in [2.75, 3.05) is 31.1 Å². The Morgan fingerprint density at radius 1 is 1.09 bits per heavy atom. The molecular weight excluding hydrogens is 310 g/mol. The molecule has 3 heterocycles. The van der Waals surface area contributed by atoms with Gasteiger partial charge in [-0.05, 0) is 30.4 Å². The van der Waals surface area contributed by atoms with Gasteiger partial charge in [-0.2, -0.15) is 0 Å². The van der Waals surface area contributed by atoms with E-state index in [2.05, 4.69) is 25.5 Å². The Balaban J connectivity index is 1.47. The number of benzene rings is 1. The summed E-state index contributed by atoms with van der Waals surface area (Å²) in [7, 11) is 0. The third kappa shape index (κ3) is 2.85. The van der Waals surface area contributed by atoms with Crippen LogP contribution >= 0.6 is 12.2 Å². The molecule has 0 bridgehead atoms. The Morgan fingerprint density at radius 2 is 1.83 bits per heavy atom. The predicted molar refractivity (Wildman–Crippen MR) is 90.0 cm³/mol. The molecule has 118 valence electrons. The molecular formula is C16H18N5OS+. The number of aromatic nitrogens is 3. The van der Waals surface area contributed by atoms with Crippen LogP contribution < -0.4 is 9.80 Å². The molecule has 3 aromatic rings. The first-order chi connectivity index (χ1) is 11.3. The van der Waals surface area contributed by atoms with Crippen molar-refractivity contribution in [2.45, 2.75) is 6.67 Å². The highest BCUT2D eigenvalue weighted by atomic mass is 32.1. The molecule has 0 spiro atoms. The maximum Gasteiger partial charge on any atom is 0.274 e. The number of hydrogen-bond acceptors (Lipinski definition) is 5. The second kappa shape index (κ2) is 6.10. The van der Waals surface area contributed by atoms with Crippen molar-refractivity contribution in [3.05, 3.63) is 47.6 Å². The second-order valence-corrected chi connectivity index (χ2v) is 6.06. The SMILES string of the molecule is S=c1oc2ccccc2n1C[NH+]1CCN(c2ncccn2)CC1. The quantitative estimate of drug-likeness (QED) is 0.730. The molecule has 0 aliphatic carbocycles. The van der Waals surface area contributed by atoms with E-state index in [4.69, 9.17) is 16.6 Å². The summed E-state index contributed by atoms with van der Waals surface area (Å²) in [6.45, 7) is 4.78. The molecule has 1 N–H and O–H groups in total. The average Bonchev–Trinajstić information content (AvgIpc) is 2.92. The van der Waals surface area contributed by atoms with Gasteiger partial charge in [-0.3, -0.25) is 4.57 Å². The van der Waals surface area contributed by atoms with Crippen LogP contribution in [0, 0.1) is 4.84 Å². The van der Waals surface area contributed by atoms with E-state index in [0.717, 1.165) is 49.9 Å². The summed E-state index contributed by atoms with van der Waals surface area (Å²) in [4.78, 5) is 12.9. The lowest BCUT2D eigenvalue weighted by atomic mass is 10.3. The van der Waals surface area contributed by atoms with Crippen molar-refractivity contribution in [1.29, 1.82) is 0 Å². The molecule has 1 aliphatic rings. The first-order valence-corrected chi connectivity index (χ1v) is 8.16. The van der Waals surface area contributed by atoms with Crippen LogP contribution in [-0.2, 0) is 6.67 Å². The third-order valence-corrected chi connectivity index (χ3v) is 4.56. The summed E-state index contributed by atoms with van der Waals surface area (Å²) >= 11 is 5.37. The van der Waals surface area contributed by atoms with Gasteiger partial charge in [0.05, 0.1) is 31.7 Å². The number of para-hydroxylation sites is 2. The summed E-state index contributed by atoms with van der Waals surface area (Å²) in [5.74, 6) is 0.817. The maximum absolute atomic E-state index is 5.67. The molecule has 1 saturated heterocycles. The summed E-state index contributed by atoms with van der Waals surface area (Å²) in [5, 5.41) is 0. The van der Waals surface area contributed by atoms with Crippen LogP contribution in [0.5, 0.6) is 0 Å². The van der Waals surface area contributed by atoms with Crippen LogP contribution in [0.2, 0.25) is 0 Å². The van der Waals surface area contributed by atoms with Gasteiger partial charge < -0.3 is 14.2 Å². The smallest absolute Gasteiger partial charge is 0.274 e. The molecule has 0 amide bonds. The van der Waals surface area contributed by atoms with Crippen LogP contribution in [0.15, 0.2) is 47.1 Å². The third-order valence-electron chi connectivity index (χ3n) is 4.26. The molecule has 23 heavy (non-hydrogen) atoms. The largest absolute Gasteiger partial charge is 0.429 e. The van der Waals surface area contributed by atoms with Crippen molar-refractivity contribution in [2.24, 2.45) is 0 Å². The number of nitrogens with zero attached hydrogens (tertiary/aromatic N) is 4. The zero-order chi connectivity index (χ0) is 15.6. The van der Waals surface area contributed by atoms with Gasteiger partial charge in [-0.25, -0.2) is 9.97 Å². The van der Waals surface area contributed by atoms with Gasteiger partial charge in [0.2, 0.25) is 5.95 Å². The molecule has 7 heteroatoms. The van der Waals surface area contributed by atoms with E-state index in [0.29, 0.717) is 4.84 Å². The molecule has 1 aliphatic heterocycles. The topological polar surface area (TPSA) is 51.5 Å². The fraction of sp³-hybridized carbons (Fsp3) is 0.312. The van der Waals surface area contributed by atoms with Crippen molar-refractivity contribution in [3.8, 4) is 0 Å². The lowest BCUT2D eigenvalue weighted by Gasteiger charge is -2.32. The summed E-state index contributed by atoms with van der Waals surface area (Å²) in [6, 6.07) is 9.85. The molecule has 0 unspecified atom stereocenters. The lowest BCUT2D eigenvalue weighted by molar-refractivity contribution is -0.923. The van der Waals surface area contributed by atoms with Crippen LogP contribution in [0.3, 0.4) is 0 Å². The zero-order valence-corrected chi connectivity index (χ0v) is 13.5. The van der Waals surface area contributed by atoms with E-state index in [-0.39, 0.29) is 0 Å². The standard InChI is InChI=1S/C16H17N5OS/c23-16-21(13-4-1-2-5-14(13)22-16)12-19-8-10-20(11-9-19)15-17-6-3-7-18-15/h1-7H,8-12H2/p+1. The average molecular weight is 328 g/mol. The van der Waals surface area contributed by atoms with E-state index in [1.54, 1.807) is 12.4 Å². The predicted octanol–water partition coefficient (Wildman–Crippen LogP) is 1.12. The van der Waals surface area contributed by atoms with Gasteiger partial charge in [-0.15, -0.1) is 0 Å². The zero-order valence-electron chi connectivity index (χ0n) is 12.7. The molecule has 2 aromatic heterocycles. The maximum atomic E-state index is 5.67. The van der Waals surface area contributed by atoms with Crippen molar-refractivity contribution in [1.82, 2.24) is 14.5 Å². The van der Waals surface area contributed by atoms with Gasteiger partial charge in [0.1, 0.15) is 0 Å². The van der Waals surface area contributed by atoms with Crippen molar-refractivity contribution < 1.29 is 9.32 Å². The van der Waals surface area contributed by atoms with Gasteiger partial charge >= 0.3 is 0 Å². The number of fused-ring (bicyclic) bond motifs is 1. The Kier molecular flexibility index (Phi) is 3.80. The number of anilines is 1.